The van der Waals surface area contributed by atoms with Crippen LogP contribution in [0.2, 0.25) is 0 Å². The summed E-state index contributed by atoms with van der Waals surface area (Å²) in [6.07, 6.45) is 6.93. The van der Waals surface area contributed by atoms with Gasteiger partial charge in [-0.15, -0.1) is 0 Å². The van der Waals surface area contributed by atoms with E-state index >= 15 is 0 Å². The maximum absolute atomic E-state index is 10.8. The number of rotatable bonds is 2. The summed E-state index contributed by atoms with van der Waals surface area (Å²) in [4.78, 5) is 15.6. The molecule has 1 saturated heterocycles. The predicted molar refractivity (Wildman–Crippen MR) is 66.5 cm³/mol. The van der Waals surface area contributed by atoms with Crippen molar-refractivity contribution in [1.82, 2.24) is 9.80 Å². The molecular formula is C13H20N2O2. The second-order valence-corrected chi connectivity index (χ2v) is 4.66. The molecule has 1 aliphatic carbocycles. The highest BCUT2D eigenvalue weighted by atomic mass is 16.5. The third-order valence-corrected chi connectivity index (χ3v) is 3.23. The smallest absolute Gasteiger partial charge is 0.303 e. The Bertz CT molecular complexity index is 341. The molecule has 0 saturated carbocycles. The van der Waals surface area contributed by atoms with Crippen molar-refractivity contribution in [3.05, 3.63) is 23.9 Å². The topological polar surface area (TPSA) is 32.8 Å². The van der Waals surface area contributed by atoms with Crippen molar-refractivity contribution < 1.29 is 9.53 Å². The molecule has 4 heteroatoms. The van der Waals surface area contributed by atoms with Crippen LogP contribution in [0, 0.1) is 0 Å². The summed E-state index contributed by atoms with van der Waals surface area (Å²) in [5, 5.41) is 0. The molecule has 0 bridgehead atoms. The normalized spacial score (nSPS) is 25.6. The van der Waals surface area contributed by atoms with Crippen LogP contribution in [0.25, 0.3) is 0 Å². The summed E-state index contributed by atoms with van der Waals surface area (Å²) in [6.45, 7) is 5.82. The first-order chi connectivity index (χ1) is 8.15. The summed E-state index contributed by atoms with van der Waals surface area (Å²) >= 11 is 0. The standard InChI is InChI=1S/C13H20N2O2/c1-11(16)17-13-5-3-12(4-6-13)15-9-7-14(2)8-10-15/h3-5,13H,6-10H2,1-2H3. The first-order valence-corrected chi connectivity index (χ1v) is 6.14. The van der Waals surface area contributed by atoms with E-state index in [0.29, 0.717) is 0 Å². The van der Waals surface area contributed by atoms with Gasteiger partial charge < -0.3 is 14.5 Å². The second kappa shape index (κ2) is 5.36. The monoisotopic (exact) mass is 236 g/mol. The van der Waals surface area contributed by atoms with Crippen molar-refractivity contribution in [2.75, 3.05) is 33.2 Å². The van der Waals surface area contributed by atoms with Crippen molar-refractivity contribution in [3.8, 4) is 0 Å². The fourth-order valence-corrected chi connectivity index (χ4v) is 2.19. The van der Waals surface area contributed by atoms with Crippen molar-refractivity contribution in [1.29, 1.82) is 0 Å². The molecule has 0 amide bonds. The zero-order chi connectivity index (χ0) is 12.3. The molecule has 0 N–H and O–H groups in total. The van der Waals surface area contributed by atoms with E-state index in [2.05, 4.69) is 29.0 Å². The Kier molecular flexibility index (Phi) is 3.84. The van der Waals surface area contributed by atoms with Crippen LogP contribution in [0.4, 0.5) is 0 Å². The summed E-state index contributed by atoms with van der Waals surface area (Å²) in [5.74, 6) is -0.212. The van der Waals surface area contributed by atoms with E-state index in [4.69, 9.17) is 4.74 Å². The Hall–Kier alpha value is -1.29. The third-order valence-electron chi connectivity index (χ3n) is 3.23. The molecular weight excluding hydrogens is 216 g/mol. The maximum Gasteiger partial charge on any atom is 0.303 e. The fourth-order valence-electron chi connectivity index (χ4n) is 2.19. The van der Waals surface area contributed by atoms with Crippen molar-refractivity contribution >= 4 is 5.97 Å². The SMILES string of the molecule is CC(=O)OC1C=CC(N2CCN(C)CC2)=CC1. The number of ether oxygens (including phenoxy) is 1. The lowest BCUT2D eigenvalue weighted by Crippen LogP contribution is -2.43. The van der Waals surface area contributed by atoms with Crippen molar-refractivity contribution in [2.24, 2.45) is 0 Å². The number of likely N-dealkylation sites (N-methyl/N-ethyl adjacent to an activating group) is 1. The number of esters is 1. The summed E-state index contributed by atoms with van der Waals surface area (Å²) < 4.78 is 5.15. The first kappa shape index (κ1) is 12.2. The van der Waals surface area contributed by atoms with Crippen LogP contribution < -0.4 is 0 Å². The van der Waals surface area contributed by atoms with Gasteiger partial charge in [-0.1, -0.05) is 6.08 Å². The Labute approximate surface area is 103 Å². The van der Waals surface area contributed by atoms with Gasteiger partial charge in [0.15, 0.2) is 0 Å². The van der Waals surface area contributed by atoms with E-state index in [1.54, 1.807) is 0 Å². The number of carbonyl (C=O) groups is 1. The molecule has 2 rings (SSSR count). The van der Waals surface area contributed by atoms with Gasteiger partial charge in [-0.05, 0) is 19.2 Å². The van der Waals surface area contributed by atoms with E-state index in [1.165, 1.54) is 12.6 Å². The molecule has 0 aromatic heterocycles. The Morgan fingerprint density at radius 3 is 2.59 bits per heavy atom. The highest BCUT2D eigenvalue weighted by Crippen LogP contribution is 2.18. The third kappa shape index (κ3) is 3.33. The molecule has 17 heavy (non-hydrogen) atoms. The Morgan fingerprint density at radius 1 is 1.35 bits per heavy atom. The van der Waals surface area contributed by atoms with Gasteiger partial charge in [-0.25, -0.2) is 0 Å². The van der Waals surface area contributed by atoms with Gasteiger partial charge in [0.2, 0.25) is 0 Å². The molecule has 1 aliphatic heterocycles. The van der Waals surface area contributed by atoms with Crippen LogP contribution in [-0.4, -0.2) is 55.1 Å². The lowest BCUT2D eigenvalue weighted by atomic mass is 10.1. The highest BCUT2D eigenvalue weighted by Gasteiger charge is 2.18. The number of hydrogen-bond donors (Lipinski definition) is 0. The quantitative estimate of drug-likeness (QED) is 0.670. The summed E-state index contributed by atoms with van der Waals surface area (Å²) in [6, 6.07) is 0. The molecule has 94 valence electrons. The molecule has 1 atom stereocenters. The fraction of sp³-hybridized carbons (Fsp3) is 0.615. The van der Waals surface area contributed by atoms with Gasteiger partial charge in [0.1, 0.15) is 6.10 Å². The van der Waals surface area contributed by atoms with Crippen LogP contribution >= 0.6 is 0 Å². The highest BCUT2D eigenvalue weighted by molar-refractivity contribution is 5.66. The minimum absolute atomic E-state index is 0.0799. The minimum Gasteiger partial charge on any atom is -0.458 e. The second-order valence-electron chi connectivity index (χ2n) is 4.66. The molecule has 0 aromatic carbocycles. The lowest BCUT2D eigenvalue weighted by Gasteiger charge is -2.35. The number of allylic oxidation sites excluding steroid dienone is 1. The Morgan fingerprint density at radius 2 is 2.06 bits per heavy atom. The number of nitrogens with zero attached hydrogens (tertiary/aromatic N) is 2. The number of piperazine rings is 1. The van der Waals surface area contributed by atoms with Crippen molar-refractivity contribution in [2.45, 2.75) is 19.4 Å². The van der Waals surface area contributed by atoms with Crippen LogP contribution in [0.15, 0.2) is 23.9 Å². The summed E-state index contributed by atoms with van der Waals surface area (Å²) in [5.41, 5.74) is 1.27. The Balaban J connectivity index is 1.86. The van der Waals surface area contributed by atoms with E-state index in [9.17, 15) is 4.79 Å². The van der Waals surface area contributed by atoms with Gasteiger partial charge in [0.25, 0.3) is 0 Å². The van der Waals surface area contributed by atoms with Crippen LogP contribution in [0.1, 0.15) is 13.3 Å². The van der Waals surface area contributed by atoms with Gasteiger partial charge in [-0.3, -0.25) is 4.79 Å². The summed E-state index contributed by atoms with van der Waals surface area (Å²) in [7, 11) is 2.15. The number of carbonyl (C=O) groups excluding carboxylic acids is 1. The van der Waals surface area contributed by atoms with Gasteiger partial charge >= 0.3 is 5.97 Å². The molecule has 2 aliphatic rings. The van der Waals surface area contributed by atoms with Crippen LogP contribution in [-0.2, 0) is 9.53 Å². The van der Waals surface area contributed by atoms with Crippen LogP contribution in [0.3, 0.4) is 0 Å². The zero-order valence-corrected chi connectivity index (χ0v) is 10.6. The van der Waals surface area contributed by atoms with Gasteiger partial charge in [-0.2, -0.15) is 0 Å². The zero-order valence-electron chi connectivity index (χ0n) is 10.6. The average Bonchev–Trinajstić information content (AvgIpc) is 2.30. The molecule has 0 aromatic rings. The molecule has 0 radical (unpaired) electrons. The molecule has 4 nitrogen and oxygen atoms in total. The van der Waals surface area contributed by atoms with Gasteiger partial charge in [0.05, 0.1) is 0 Å². The maximum atomic E-state index is 10.8. The van der Waals surface area contributed by atoms with Gasteiger partial charge in [0, 0.05) is 45.2 Å². The number of hydrogen-bond acceptors (Lipinski definition) is 4. The van der Waals surface area contributed by atoms with E-state index in [1.807, 2.05) is 6.08 Å². The van der Waals surface area contributed by atoms with Crippen molar-refractivity contribution in [3.63, 3.8) is 0 Å². The first-order valence-electron chi connectivity index (χ1n) is 6.14. The molecule has 1 heterocycles. The predicted octanol–water partition coefficient (Wildman–Crippen LogP) is 1.01. The van der Waals surface area contributed by atoms with E-state index in [-0.39, 0.29) is 12.1 Å². The van der Waals surface area contributed by atoms with E-state index < -0.39 is 0 Å². The van der Waals surface area contributed by atoms with Crippen LogP contribution in [0.5, 0.6) is 0 Å². The molecule has 0 spiro atoms. The average molecular weight is 236 g/mol. The lowest BCUT2D eigenvalue weighted by molar-refractivity contribution is -0.144. The molecule has 1 unspecified atom stereocenters. The largest absolute Gasteiger partial charge is 0.458 e. The minimum atomic E-state index is -0.212. The molecule has 1 fully saturated rings. The van der Waals surface area contributed by atoms with E-state index in [0.717, 1.165) is 32.6 Å².